The summed E-state index contributed by atoms with van der Waals surface area (Å²) in [6, 6.07) is 18.0. The van der Waals surface area contributed by atoms with Gasteiger partial charge in [-0.25, -0.2) is 0 Å². The highest BCUT2D eigenvalue weighted by Gasteiger charge is 2.33. The Balaban J connectivity index is 1.34. The van der Waals surface area contributed by atoms with Crippen LogP contribution in [0.3, 0.4) is 0 Å². The third kappa shape index (κ3) is 4.45. The van der Waals surface area contributed by atoms with Gasteiger partial charge in [-0.05, 0) is 35.4 Å². The Morgan fingerprint density at radius 2 is 2.00 bits per heavy atom. The van der Waals surface area contributed by atoms with Crippen LogP contribution in [0, 0.1) is 0 Å². The van der Waals surface area contributed by atoms with E-state index in [0.29, 0.717) is 13.1 Å². The molecule has 2 aromatic heterocycles. The number of ether oxygens (including phenoxy) is 1. The molecule has 0 radical (unpaired) electrons. The molecule has 33 heavy (non-hydrogen) atoms. The number of carbonyl (C=O) groups excluding carboxylic acids is 1. The average molecular weight is 442 g/mol. The Kier molecular flexibility index (Phi) is 5.79. The van der Waals surface area contributed by atoms with E-state index in [4.69, 9.17) is 4.74 Å². The second-order valence-corrected chi connectivity index (χ2v) is 8.49. The number of hydrogen-bond acceptors (Lipinski definition) is 5. The summed E-state index contributed by atoms with van der Waals surface area (Å²) in [4.78, 5) is 20.1. The zero-order chi connectivity index (χ0) is 22.8. The van der Waals surface area contributed by atoms with E-state index in [1.807, 2.05) is 61.9 Å². The smallest absolute Gasteiger partial charge is 0.230 e. The maximum Gasteiger partial charge on any atom is 0.230 e. The number of aromatic nitrogens is 3. The van der Waals surface area contributed by atoms with Crippen molar-refractivity contribution in [1.82, 2.24) is 25.0 Å². The Bertz CT molecular complexity index is 1280. The number of benzene rings is 2. The molecule has 1 atom stereocenters. The van der Waals surface area contributed by atoms with Crippen LogP contribution < -0.4 is 10.1 Å². The predicted octanol–water partition coefficient (Wildman–Crippen LogP) is 3.39. The van der Waals surface area contributed by atoms with Gasteiger partial charge in [0.15, 0.2) is 0 Å². The molecule has 1 N–H and O–H groups in total. The zero-order valence-electron chi connectivity index (χ0n) is 18.9. The predicted molar refractivity (Wildman–Crippen MR) is 127 cm³/mol. The van der Waals surface area contributed by atoms with E-state index in [-0.39, 0.29) is 11.8 Å². The van der Waals surface area contributed by atoms with Crippen LogP contribution in [0.1, 0.15) is 28.3 Å². The quantitative estimate of drug-likeness (QED) is 0.497. The van der Waals surface area contributed by atoms with Crippen LogP contribution >= 0.6 is 0 Å². The van der Waals surface area contributed by atoms with Crippen LogP contribution in [-0.2, 0) is 31.5 Å². The van der Waals surface area contributed by atoms with Crippen LogP contribution in [0.5, 0.6) is 5.75 Å². The summed E-state index contributed by atoms with van der Waals surface area (Å²) in [7, 11) is 3.55. The van der Waals surface area contributed by atoms with Crippen molar-refractivity contribution in [3.63, 3.8) is 0 Å². The van der Waals surface area contributed by atoms with E-state index in [0.717, 1.165) is 46.6 Å². The zero-order valence-corrected chi connectivity index (χ0v) is 18.9. The molecule has 0 fully saturated rings. The van der Waals surface area contributed by atoms with Crippen molar-refractivity contribution in [3.05, 3.63) is 89.4 Å². The van der Waals surface area contributed by atoms with Crippen molar-refractivity contribution in [2.24, 2.45) is 7.05 Å². The van der Waals surface area contributed by atoms with Crippen molar-refractivity contribution in [1.29, 1.82) is 0 Å². The van der Waals surface area contributed by atoms with Crippen LogP contribution in [0.15, 0.2) is 67.0 Å². The van der Waals surface area contributed by atoms with E-state index in [1.54, 1.807) is 11.8 Å². The summed E-state index contributed by atoms with van der Waals surface area (Å²) in [5, 5.41) is 8.88. The average Bonchev–Trinajstić information content (AvgIpc) is 3.22. The van der Waals surface area contributed by atoms with Crippen molar-refractivity contribution in [3.8, 4) is 5.75 Å². The fourth-order valence-corrected chi connectivity index (χ4v) is 4.55. The van der Waals surface area contributed by atoms with Gasteiger partial charge >= 0.3 is 0 Å². The summed E-state index contributed by atoms with van der Waals surface area (Å²) < 4.78 is 7.02. The van der Waals surface area contributed by atoms with E-state index < -0.39 is 0 Å². The first-order valence-corrected chi connectivity index (χ1v) is 11.1. The lowest BCUT2D eigenvalue weighted by Crippen LogP contribution is -2.40. The number of amides is 1. The van der Waals surface area contributed by atoms with Crippen LogP contribution in [0.25, 0.3) is 10.9 Å². The lowest BCUT2D eigenvalue weighted by molar-refractivity contribution is -0.123. The number of rotatable bonds is 6. The second-order valence-electron chi connectivity index (χ2n) is 8.49. The lowest BCUT2D eigenvalue weighted by atomic mass is 9.94. The number of fused-ring (bicyclic) bond motifs is 2. The summed E-state index contributed by atoms with van der Waals surface area (Å²) >= 11 is 0. The minimum absolute atomic E-state index is 0.00458. The molecule has 1 aliphatic rings. The fourth-order valence-electron chi connectivity index (χ4n) is 4.55. The van der Waals surface area contributed by atoms with Gasteiger partial charge in [0.05, 0.1) is 24.2 Å². The Morgan fingerprint density at radius 3 is 2.82 bits per heavy atom. The molecule has 5 rings (SSSR count). The number of nitrogens with zero attached hydrogens (tertiary/aromatic N) is 4. The van der Waals surface area contributed by atoms with Crippen LogP contribution in [0.4, 0.5) is 0 Å². The van der Waals surface area contributed by atoms with Gasteiger partial charge in [0.1, 0.15) is 5.75 Å². The van der Waals surface area contributed by atoms with Crippen molar-refractivity contribution in [2.45, 2.75) is 25.6 Å². The molecule has 3 heterocycles. The molecule has 168 valence electrons. The molecule has 7 heteroatoms. The van der Waals surface area contributed by atoms with E-state index in [1.165, 1.54) is 5.56 Å². The van der Waals surface area contributed by atoms with Gasteiger partial charge in [0, 0.05) is 56.6 Å². The van der Waals surface area contributed by atoms with Gasteiger partial charge in [-0.2, -0.15) is 5.10 Å². The SMILES string of the molecule is COc1ccc(CNC(=O)[C@H]2CN(Cc3cccc4ncccc34)Cc3cn(C)nc32)cc1. The molecule has 0 aliphatic carbocycles. The van der Waals surface area contributed by atoms with Gasteiger partial charge in [0.25, 0.3) is 0 Å². The Hall–Kier alpha value is -3.71. The number of aryl methyl sites for hydroxylation is 1. The molecule has 0 saturated heterocycles. The van der Waals surface area contributed by atoms with Gasteiger partial charge in [-0.3, -0.25) is 19.4 Å². The molecule has 0 unspecified atom stereocenters. The first-order chi connectivity index (χ1) is 16.1. The minimum atomic E-state index is -0.318. The van der Waals surface area contributed by atoms with Gasteiger partial charge in [0.2, 0.25) is 5.91 Å². The number of methoxy groups -OCH3 is 1. The molecule has 1 aliphatic heterocycles. The molecule has 2 aromatic carbocycles. The highest BCUT2D eigenvalue weighted by atomic mass is 16.5. The number of pyridine rings is 1. The second kappa shape index (κ2) is 9.03. The van der Waals surface area contributed by atoms with Gasteiger partial charge < -0.3 is 10.1 Å². The molecular weight excluding hydrogens is 414 g/mol. The molecule has 1 amide bonds. The maximum absolute atomic E-state index is 13.3. The molecule has 7 nitrogen and oxygen atoms in total. The van der Waals surface area contributed by atoms with E-state index >= 15 is 0 Å². The Labute approximate surface area is 193 Å². The van der Waals surface area contributed by atoms with Crippen molar-refractivity contribution >= 4 is 16.8 Å². The topological polar surface area (TPSA) is 72.3 Å². The minimum Gasteiger partial charge on any atom is -0.497 e. The van der Waals surface area contributed by atoms with Crippen LogP contribution in [0.2, 0.25) is 0 Å². The van der Waals surface area contributed by atoms with Gasteiger partial charge in [-0.15, -0.1) is 0 Å². The normalized spacial score (nSPS) is 15.9. The highest BCUT2D eigenvalue weighted by molar-refractivity contribution is 5.84. The Morgan fingerprint density at radius 1 is 1.15 bits per heavy atom. The van der Waals surface area contributed by atoms with Gasteiger partial charge in [-0.1, -0.05) is 30.3 Å². The summed E-state index contributed by atoms with van der Waals surface area (Å²) in [5.74, 6) is 0.478. The molecule has 4 aromatic rings. The highest BCUT2D eigenvalue weighted by Crippen LogP contribution is 2.29. The lowest BCUT2D eigenvalue weighted by Gasteiger charge is -2.31. The number of nitrogens with one attached hydrogen (secondary N) is 1. The largest absolute Gasteiger partial charge is 0.497 e. The number of carbonyl (C=O) groups is 1. The standard InChI is InChI=1S/C26H27N5O2/c1-30-14-20-16-31(15-19-5-3-7-24-22(19)6-4-12-27-24)17-23(25(20)29-30)26(32)28-13-18-8-10-21(33-2)11-9-18/h3-12,14,23H,13,15-17H2,1-2H3,(H,28,32)/t23-/m0/s1. The number of hydrogen-bond donors (Lipinski definition) is 1. The third-order valence-electron chi connectivity index (χ3n) is 6.17. The van der Waals surface area contributed by atoms with Crippen LogP contribution in [-0.4, -0.2) is 39.2 Å². The first kappa shape index (κ1) is 21.2. The first-order valence-electron chi connectivity index (χ1n) is 11.1. The monoisotopic (exact) mass is 441 g/mol. The van der Waals surface area contributed by atoms with E-state index in [9.17, 15) is 4.79 Å². The van der Waals surface area contributed by atoms with Crippen molar-refractivity contribution < 1.29 is 9.53 Å². The molecular formula is C26H27N5O2. The molecule has 0 spiro atoms. The summed E-state index contributed by atoms with van der Waals surface area (Å²) in [6.45, 7) is 2.60. The fraction of sp³-hybridized carbons (Fsp3) is 0.269. The van der Waals surface area contributed by atoms with Crippen molar-refractivity contribution in [2.75, 3.05) is 13.7 Å². The maximum atomic E-state index is 13.3. The third-order valence-corrected chi connectivity index (χ3v) is 6.17. The molecule has 0 bridgehead atoms. The van der Waals surface area contributed by atoms with E-state index in [2.05, 4.69) is 32.4 Å². The summed E-state index contributed by atoms with van der Waals surface area (Å²) in [5.41, 5.74) is 5.21. The molecule has 0 saturated carbocycles. The summed E-state index contributed by atoms with van der Waals surface area (Å²) in [6.07, 6.45) is 3.84.